The molecule has 0 unspecified atom stereocenters. The quantitative estimate of drug-likeness (QED) is 0.822. The van der Waals surface area contributed by atoms with Crippen molar-refractivity contribution >= 4 is 5.82 Å². The zero-order chi connectivity index (χ0) is 16.4. The molecule has 2 N–H and O–H groups in total. The molecule has 1 aliphatic rings. The molecule has 0 radical (unpaired) electrons. The van der Waals surface area contributed by atoms with Crippen molar-refractivity contribution in [1.82, 2.24) is 9.97 Å². The summed E-state index contributed by atoms with van der Waals surface area (Å²) < 4.78 is 5.67. The molecule has 2 aromatic rings. The molecule has 23 heavy (non-hydrogen) atoms. The summed E-state index contributed by atoms with van der Waals surface area (Å²) in [5.41, 5.74) is 9.67. The lowest BCUT2D eigenvalue weighted by atomic mass is 9.74. The lowest BCUT2D eigenvalue weighted by molar-refractivity contribution is 0.0491. The third-order valence-corrected chi connectivity index (χ3v) is 4.12. The first-order valence-electron chi connectivity index (χ1n) is 7.73. The van der Waals surface area contributed by atoms with Gasteiger partial charge in [-0.1, -0.05) is 25.8 Å². The number of anilines is 1. The number of nitrogens with zero attached hydrogens (tertiary/aromatic N) is 2. The maximum absolute atomic E-state index is 5.67. The molecule has 0 saturated carbocycles. The Kier molecular flexibility index (Phi) is 4.06. The molecule has 0 fully saturated rings. The van der Waals surface area contributed by atoms with E-state index in [1.807, 2.05) is 18.3 Å². The Morgan fingerprint density at radius 2 is 2.13 bits per heavy atom. The van der Waals surface area contributed by atoms with Crippen molar-refractivity contribution < 1.29 is 4.74 Å². The van der Waals surface area contributed by atoms with E-state index in [4.69, 9.17) is 10.5 Å². The maximum atomic E-state index is 5.67. The number of nitrogens with two attached hydrogens (primary N) is 1. The van der Waals surface area contributed by atoms with Crippen LogP contribution in [-0.2, 0) is 11.2 Å². The van der Waals surface area contributed by atoms with Gasteiger partial charge in [-0.2, -0.15) is 0 Å². The van der Waals surface area contributed by atoms with Gasteiger partial charge >= 0.3 is 0 Å². The SMILES string of the molecule is CO[C@@H]1CC(C)(C)Cc2ncc(C#Cc3cccc(N)n3)cc21. The van der Waals surface area contributed by atoms with E-state index in [0.29, 0.717) is 11.5 Å². The highest BCUT2D eigenvalue weighted by atomic mass is 16.5. The predicted octanol–water partition coefficient (Wildman–Crippen LogP) is 3.12. The number of fused-ring (bicyclic) bond motifs is 1. The Hall–Kier alpha value is -2.38. The van der Waals surface area contributed by atoms with Crippen molar-refractivity contribution in [2.45, 2.75) is 32.8 Å². The molecule has 118 valence electrons. The Morgan fingerprint density at radius 3 is 2.87 bits per heavy atom. The van der Waals surface area contributed by atoms with E-state index in [-0.39, 0.29) is 11.5 Å². The van der Waals surface area contributed by atoms with Gasteiger partial charge in [-0.25, -0.2) is 4.98 Å². The summed E-state index contributed by atoms with van der Waals surface area (Å²) in [6, 6.07) is 7.53. The molecule has 0 spiro atoms. The number of methoxy groups -OCH3 is 1. The summed E-state index contributed by atoms with van der Waals surface area (Å²) in [4.78, 5) is 8.80. The van der Waals surface area contributed by atoms with Crippen LogP contribution in [0.2, 0.25) is 0 Å². The third kappa shape index (κ3) is 3.52. The van der Waals surface area contributed by atoms with Crippen molar-refractivity contribution in [3.63, 3.8) is 0 Å². The number of hydrogen-bond acceptors (Lipinski definition) is 4. The van der Waals surface area contributed by atoms with Gasteiger partial charge in [0.05, 0.1) is 6.10 Å². The molecule has 1 atom stereocenters. The highest BCUT2D eigenvalue weighted by Crippen LogP contribution is 2.41. The molecular formula is C19H21N3O. The second kappa shape index (κ2) is 6.02. The van der Waals surface area contributed by atoms with Gasteiger partial charge in [0.1, 0.15) is 11.5 Å². The van der Waals surface area contributed by atoms with Crippen molar-refractivity contribution in [3.8, 4) is 11.8 Å². The van der Waals surface area contributed by atoms with E-state index >= 15 is 0 Å². The number of ether oxygens (including phenoxy) is 1. The fourth-order valence-corrected chi connectivity index (χ4v) is 3.01. The standard InChI is InChI=1S/C19H21N3O/c1-19(2)10-16-15(17(11-19)23-3)9-13(12-21-16)7-8-14-5-4-6-18(20)22-14/h4-6,9,12,17H,10-11H2,1-3H3,(H2,20,22)/t17-/m1/s1. The van der Waals surface area contributed by atoms with Gasteiger partial charge in [0.25, 0.3) is 0 Å². The van der Waals surface area contributed by atoms with E-state index in [1.165, 1.54) is 0 Å². The highest BCUT2D eigenvalue weighted by molar-refractivity contribution is 5.44. The fourth-order valence-electron chi connectivity index (χ4n) is 3.01. The Balaban J connectivity index is 1.93. The monoisotopic (exact) mass is 307 g/mol. The van der Waals surface area contributed by atoms with Crippen LogP contribution in [0, 0.1) is 17.3 Å². The minimum Gasteiger partial charge on any atom is -0.384 e. The molecule has 0 saturated heterocycles. The Morgan fingerprint density at radius 1 is 1.30 bits per heavy atom. The van der Waals surface area contributed by atoms with Crippen LogP contribution in [0.15, 0.2) is 30.5 Å². The molecule has 3 rings (SSSR count). The molecule has 0 aromatic carbocycles. The Labute approximate surface area is 137 Å². The van der Waals surface area contributed by atoms with Gasteiger partial charge in [0.15, 0.2) is 0 Å². The summed E-state index contributed by atoms with van der Waals surface area (Å²) in [6.45, 7) is 4.51. The average molecular weight is 307 g/mol. The molecule has 2 heterocycles. The maximum Gasteiger partial charge on any atom is 0.124 e. The van der Waals surface area contributed by atoms with E-state index in [1.54, 1.807) is 13.2 Å². The van der Waals surface area contributed by atoms with Crippen molar-refractivity contribution in [1.29, 1.82) is 0 Å². The molecule has 4 nitrogen and oxygen atoms in total. The van der Waals surface area contributed by atoms with Crippen LogP contribution in [0.5, 0.6) is 0 Å². The zero-order valence-electron chi connectivity index (χ0n) is 13.8. The molecule has 1 aliphatic carbocycles. The lowest BCUT2D eigenvalue weighted by Crippen LogP contribution is -2.27. The summed E-state index contributed by atoms with van der Waals surface area (Å²) in [6.07, 6.45) is 3.86. The molecular weight excluding hydrogens is 286 g/mol. The number of aromatic nitrogens is 2. The first-order chi connectivity index (χ1) is 11.0. The second-order valence-corrected chi connectivity index (χ2v) is 6.73. The normalized spacial score (nSPS) is 18.7. The number of rotatable bonds is 1. The molecule has 0 amide bonds. The molecule has 0 bridgehead atoms. The molecule has 0 aliphatic heterocycles. The minimum absolute atomic E-state index is 0.0773. The van der Waals surface area contributed by atoms with Crippen LogP contribution >= 0.6 is 0 Å². The first kappa shape index (κ1) is 15.5. The van der Waals surface area contributed by atoms with Gasteiger partial charge in [-0.15, -0.1) is 0 Å². The van der Waals surface area contributed by atoms with Crippen LogP contribution < -0.4 is 5.73 Å². The first-order valence-corrected chi connectivity index (χ1v) is 7.73. The van der Waals surface area contributed by atoms with Crippen molar-refractivity contribution in [2.24, 2.45) is 5.41 Å². The van der Waals surface area contributed by atoms with E-state index in [2.05, 4.69) is 41.7 Å². The van der Waals surface area contributed by atoms with Crippen LogP contribution in [0.1, 0.15) is 48.9 Å². The number of hydrogen-bond donors (Lipinski definition) is 1. The van der Waals surface area contributed by atoms with Gasteiger partial charge < -0.3 is 10.5 Å². The van der Waals surface area contributed by atoms with Crippen LogP contribution in [0.4, 0.5) is 5.82 Å². The average Bonchev–Trinajstić information content (AvgIpc) is 2.51. The van der Waals surface area contributed by atoms with Gasteiger partial charge in [0, 0.05) is 30.1 Å². The van der Waals surface area contributed by atoms with Crippen LogP contribution in [0.25, 0.3) is 0 Å². The number of nitrogen functional groups attached to an aromatic ring is 1. The highest BCUT2D eigenvalue weighted by Gasteiger charge is 2.33. The van der Waals surface area contributed by atoms with Crippen molar-refractivity contribution in [2.75, 3.05) is 12.8 Å². The lowest BCUT2D eigenvalue weighted by Gasteiger charge is -2.35. The zero-order valence-corrected chi connectivity index (χ0v) is 13.8. The largest absolute Gasteiger partial charge is 0.384 e. The summed E-state index contributed by atoms with van der Waals surface area (Å²) in [5, 5.41) is 0. The van der Waals surface area contributed by atoms with E-state index < -0.39 is 0 Å². The smallest absolute Gasteiger partial charge is 0.124 e. The second-order valence-electron chi connectivity index (χ2n) is 6.73. The van der Waals surface area contributed by atoms with Gasteiger partial charge in [-0.3, -0.25) is 4.98 Å². The summed E-state index contributed by atoms with van der Waals surface area (Å²) in [5.74, 6) is 6.63. The topological polar surface area (TPSA) is 61.0 Å². The predicted molar refractivity (Wildman–Crippen MR) is 90.7 cm³/mol. The fraction of sp³-hybridized carbons (Fsp3) is 0.368. The summed E-state index contributed by atoms with van der Waals surface area (Å²) in [7, 11) is 1.75. The van der Waals surface area contributed by atoms with Crippen molar-refractivity contribution in [3.05, 3.63) is 53.0 Å². The number of pyridine rings is 2. The van der Waals surface area contributed by atoms with Crippen LogP contribution in [0.3, 0.4) is 0 Å². The molecule has 2 aromatic heterocycles. The molecule has 4 heteroatoms. The van der Waals surface area contributed by atoms with Gasteiger partial charge in [-0.05, 0) is 42.4 Å². The van der Waals surface area contributed by atoms with Gasteiger partial charge in [0.2, 0.25) is 0 Å². The van der Waals surface area contributed by atoms with E-state index in [0.717, 1.165) is 29.7 Å². The third-order valence-electron chi connectivity index (χ3n) is 4.12. The summed E-state index contributed by atoms with van der Waals surface area (Å²) >= 11 is 0. The Bertz CT molecular complexity index is 787. The van der Waals surface area contributed by atoms with Crippen LogP contribution in [-0.4, -0.2) is 17.1 Å². The minimum atomic E-state index is 0.0773. The van der Waals surface area contributed by atoms with E-state index in [9.17, 15) is 0 Å².